The maximum Gasteiger partial charge on any atom is 0.321 e. The Hall–Kier alpha value is -2.40. The molecule has 0 radical (unpaired) electrons. The van der Waals surface area contributed by atoms with Crippen LogP contribution in [0.5, 0.6) is 0 Å². The van der Waals surface area contributed by atoms with Gasteiger partial charge < -0.3 is 15.1 Å². The van der Waals surface area contributed by atoms with E-state index >= 15 is 0 Å². The number of urea groups is 1. The average molecular weight is 353 g/mol. The Kier molecular flexibility index (Phi) is 4.41. The minimum absolute atomic E-state index is 0.0346. The van der Waals surface area contributed by atoms with Crippen LogP contribution in [0.25, 0.3) is 11.1 Å². The Morgan fingerprint density at radius 3 is 2.54 bits per heavy atom. The molecule has 2 aromatic rings. The minimum Gasteiger partial charge on any atom is -0.324 e. The van der Waals surface area contributed by atoms with Gasteiger partial charge in [0.15, 0.2) is 0 Å². The number of hydrogen-bond acceptors (Lipinski definition) is 2. The Morgan fingerprint density at radius 1 is 1.04 bits per heavy atom. The molecular formula is C21H24FN3O. The van der Waals surface area contributed by atoms with Crippen LogP contribution in [0.2, 0.25) is 0 Å². The summed E-state index contributed by atoms with van der Waals surface area (Å²) in [6.45, 7) is 3.85. The lowest BCUT2D eigenvalue weighted by Crippen LogP contribution is -2.36. The van der Waals surface area contributed by atoms with Crippen LogP contribution in [-0.4, -0.2) is 49.1 Å². The SMILES string of the molecule is CN1CC[C@]2(CCN(C(=O)Nc3cccc(-c4ccc(F)cc4)c3)C2)C1. The summed E-state index contributed by atoms with van der Waals surface area (Å²) < 4.78 is 13.1. The number of nitrogens with zero attached hydrogens (tertiary/aromatic N) is 2. The molecule has 2 saturated heterocycles. The molecule has 0 saturated carbocycles. The minimum atomic E-state index is -0.251. The van der Waals surface area contributed by atoms with Gasteiger partial charge in [0.25, 0.3) is 0 Å². The molecule has 2 aliphatic heterocycles. The molecule has 0 unspecified atom stereocenters. The largest absolute Gasteiger partial charge is 0.324 e. The van der Waals surface area contributed by atoms with E-state index in [-0.39, 0.29) is 17.3 Å². The first kappa shape index (κ1) is 17.0. The third-order valence-electron chi connectivity index (χ3n) is 5.65. The van der Waals surface area contributed by atoms with E-state index in [9.17, 15) is 9.18 Å². The average Bonchev–Trinajstić information content (AvgIpc) is 3.22. The van der Waals surface area contributed by atoms with Crippen LogP contribution in [0, 0.1) is 11.2 Å². The van der Waals surface area contributed by atoms with E-state index in [0.29, 0.717) is 0 Å². The van der Waals surface area contributed by atoms with Crippen molar-refractivity contribution in [1.82, 2.24) is 9.80 Å². The fourth-order valence-corrected chi connectivity index (χ4v) is 4.22. The molecule has 0 aromatic heterocycles. The molecule has 4 nitrogen and oxygen atoms in total. The van der Waals surface area contributed by atoms with Crippen LogP contribution in [0.1, 0.15) is 12.8 Å². The van der Waals surface area contributed by atoms with Gasteiger partial charge in [-0.25, -0.2) is 9.18 Å². The highest BCUT2D eigenvalue weighted by Gasteiger charge is 2.43. The van der Waals surface area contributed by atoms with Gasteiger partial charge in [-0.05, 0) is 61.8 Å². The Labute approximate surface area is 153 Å². The summed E-state index contributed by atoms with van der Waals surface area (Å²) in [7, 11) is 2.15. The predicted molar refractivity (Wildman–Crippen MR) is 102 cm³/mol. The van der Waals surface area contributed by atoms with Crippen molar-refractivity contribution < 1.29 is 9.18 Å². The summed E-state index contributed by atoms with van der Waals surface area (Å²) in [6.07, 6.45) is 2.26. The van der Waals surface area contributed by atoms with E-state index < -0.39 is 0 Å². The van der Waals surface area contributed by atoms with E-state index in [1.807, 2.05) is 29.2 Å². The van der Waals surface area contributed by atoms with E-state index in [4.69, 9.17) is 0 Å². The highest BCUT2D eigenvalue weighted by atomic mass is 19.1. The van der Waals surface area contributed by atoms with Crippen LogP contribution in [0.3, 0.4) is 0 Å². The molecule has 2 aromatic carbocycles. The van der Waals surface area contributed by atoms with Crippen molar-refractivity contribution in [2.24, 2.45) is 5.41 Å². The lowest BCUT2D eigenvalue weighted by atomic mass is 9.86. The van der Waals surface area contributed by atoms with E-state index in [1.54, 1.807) is 12.1 Å². The highest BCUT2D eigenvalue weighted by Crippen LogP contribution is 2.39. The molecule has 5 heteroatoms. The lowest BCUT2D eigenvalue weighted by Gasteiger charge is -2.24. The smallest absolute Gasteiger partial charge is 0.321 e. The van der Waals surface area contributed by atoms with Gasteiger partial charge in [0.05, 0.1) is 0 Å². The van der Waals surface area contributed by atoms with Crippen molar-refractivity contribution in [2.75, 3.05) is 38.5 Å². The zero-order valence-electron chi connectivity index (χ0n) is 15.0. The number of halogens is 1. The number of likely N-dealkylation sites (tertiary alicyclic amines) is 2. The zero-order chi connectivity index (χ0) is 18.1. The standard InChI is InChI=1S/C21H24FN3O/c1-24-11-9-21(14-24)10-12-25(15-21)20(26)23-19-4-2-3-17(13-19)16-5-7-18(22)8-6-16/h2-8,13H,9-12,14-15H2,1H3,(H,23,26)/t21-/m0/s1. The number of amides is 2. The fraction of sp³-hybridized carbons (Fsp3) is 0.381. The summed E-state index contributed by atoms with van der Waals surface area (Å²) >= 11 is 0. The van der Waals surface area contributed by atoms with Gasteiger partial charge in [0, 0.05) is 30.7 Å². The Morgan fingerprint density at radius 2 is 1.81 bits per heavy atom. The quantitative estimate of drug-likeness (QED) is 0.884. The third kappa shape index (κ3) is 3.44. The van der Waals surface area contributed by atoms with Crippen molar-refractivity contribution in [3.05, 3.63) is 54.3 Å². The van der Waals surface area contributed by atoms with Crippen molar-refractivity contribution in [2.45, 2.75) is 12.8 Å². The number of rotatable bonds is 2. The summed E-state index contributed by atoms with van der Waals surface area (Å²) in [4.78, 5) is 17.0. The number of benzene rings is 2. The molecule has 2 heterocycles. The normalized spacial score (nSPS) is 22.9. The molecular weight excluding hydrogens is 329 g/mol. The second-order valence-electron chi connectivity index (χ2n) is 7.68. The molecule has 1 N–H and O–H groups in total. The van der Waals surface area contributed by atoms with Gasteiger partial charge in [0.1, 0.15) is 5.82 Å². The lowest BCUT2D eigenvalue weighted by molar-refractivity contribution is 0.212. The molecule has 2 amide bonds. The molecule has 1 spiro atoms. The first-order valence-electron chi connectivity index (χ1n) is 9.14. The topological polar surface area (TPSA) is 35.6 Å². The zero-order valence-corrected chi connectivity index (χ0v) is 15.0. The number of hydrogen-bond donors (Lipinski definition) is 1. The van der Waals surface area contributed by atoms with Gasteiger partial charge in [-0.3, -0.25) is 0 Å². The van der Waals surface area contributed by atoms with Crippen LogP contribution in [0.15, 0.2) is 48.5 Å². The van der Waals surface area contributed by atoms with E-state index in [0.717, 1.165) is 49.4 Å². The van der Waals surface area contributed by atoms with Gasteiger partial charge in [0.2, 0.25) is 0 Å². The molecule has 0 bridgehead atoms. The Balaban J connectivity index is 1.43. The molecule has 2 aliphatic rings. The summed E-state index contributed by atoms with van der Waals surface area (Å²) in [6, 6.07) is 14.0. The van der Waals surface area contributed by atoms with E-state index in [2.05, 4.69) is 17.3 Å². The molecule has 1 atom stereocenters. The maximum absolute atomic E-state index is 13.1. The molecule has 4 rings (SSSR count). The predicted octanol–water partition coefficient (Wildman–Crippen LogP) is 4.05. The van der Waals surface area contributed by atoms with Gasteiger partial charge in [-0.2, -0.15) is 0 Å². The van der Waals surface area contributed by atoms with Crippen molar-refractivity contribution in [3.8, 4) is 11.1 Å². The second-order valence-corrected chi connectivity index (χ2v) is 7.68. The van der Waals surface area contributed by atoms with E-state index in [1.165, 1.54) is 18.6 Å². The van der Waals surface area contributed by atoms with Crippen molar-refractivity contribution >= 4 is 11.7 Å². The molecule has 26 heavy (non-hydrogen) atoms. The first-order chi connectivity index (χ1) is 12.5. The molecule has 2 fully saturated rings. The van der Waals surface area contributed by atoms with Crippen LogP contribution in [0.4, 0.5) is 14.9 Å². The number of nitrogens with one attached hydrogen (secondary N) is 1. The van der Waals surface area contributed by atoms with Gasteiger partial charge >= 0.3 is 6.03 Å². The second kappa shape index (κ2) is 6.72. The fourth-order valence-electron chi connectivity index (χ4n) is 4.22. The number of carbonyl (C=O) groups excluding carboxylic acids is 1. The summed E-state index contributed by atoms with van der Waals surface area (Å²) in [5.74, 6) is -0.251. The van der Waals surface area contributed by atoms with Crippen LogP contribution >= 0.6 is 0 Å². The van der Waals surface area contributed by atoms with Gasteiger partial charge in [-0.1, -0.05) is 24.3 Å². The van der Waals surface area contributed by atoms with Crippen LogP contribution < -0.4 is 5.32 Å². The van der Waals surface area contributed by atoms with Crippen molar-refractivity contribution in [3.63, 3.8) is 0 Å². The van der Waals surface area contributed by atoms with Gasteiger partial charge in [-0.15, -0.1) is 0 Å². The summed E-state index contributed by atoms with van der Waals surface area (Å²) in [5, 5.41) is 3.02. The third-order valence-corrected chi connectivity index (χ3v) is 5.65. The number of carbonyl (C=O) groups is 1. The van der Waals surface area contributed by atoms with Crippen molar-refractivity contribution in [1.29, 1.82) is 0 Å². The first-order valence-corrected chi connectivity index (χ1v) is 9.14. The Bertz CT molecular complexity index is 807. The highest BCUT2D eigenvalue weighted by molar-refractivity contribution is 5.90. The molecule has 136 valence electrons. The monoisotopic (exact) mass is 353 g/mol. The van der Waals surface area contributed by atoms with Crippen LogP contribution in [-0.2, 0) is 0 Å². The number of anilines is 1. The maximum atomic E-state index is 13.1. The molecule has 0 aliphatic carbocycles. The summed E-state index contributed by atoms with van der Waals surface area (Å²) in [5.41, 5.74) is 2.93.